The van der Waals surface area contributed by atoms with Crippen LogP contribution in [-0.2, 0) is 0 Å². The molecule has 3 nitrogen and oxygen atoms in total. The van der Waals surface area contributed by atoms with E-state index in [0.717, 1.165) is 18.0 Å². The van der Waals surface area contributed by atoms with Crippen molar-refractivity contribution in [1.82, 2.24) is 9.27 Å². The molecule has 1 fully saturated rings. The maximum Gasteiger partial charge on any atom is 0.117 e. The van der Waals surface area contributed by atoms with Gasteiger partial charge in [-0.15, -0.1) is 0 Å². The van der Waals surface area contributed by atoms with Crippen LogP contribution < -0.4 is 5.32 Å². The van der Waals surface area contributed by atoms with Crippen LogP contribution in [0.2, 0.25) is 0 Å². The number of fused-ring (bicyclic) bond motifs is 1. The van der Waals surface area contributed by atoms with Gasteiger partial charge in [-0.3, -0.25) is 0 Å². The Labute approximate surface area is 112 Å². The first-order valence-electron chi connectivity index (χ1n) is 6.60. The molecule has 2 heterocycles. The second-order valence-electron chi connectivity index (χ2n) is 5.18. The highest BCUT2D eigenvalue weighted by molar-refractivity contribution is 7.11. The normalized spacial score (nSPS) is 21.3. The molecular formula is C14H19N3S. The summed E-state index contributed by atoms with van der Waals surface area (Å²) in [7, 11) is 2.22. The number of hydrogen-bond acceptors (Lipinski definition) is 4. The van der Waals surface area contributed by atoms with Crippen molar-refractivity contribution < 1.29 is 0 Å². The molecule has 0 spiro atoms. The number of nitrogens with zero attached hydrogens (tertiary/aromatic N) is 2. The highest BCUT2D eigenvalue weighted by Crippen LogP contribution is 2.28. The summed E-state index contributed by atoms with van der Waals surface area (Å²) in [6, 6.07) is 8.35. The minimum atomic E-state index is 0.768. The maximum absolute atomic E-state index is 4.47. The Bertz CT molecular complexity index is 522. The quantitative estimate of drug-likeness (QED) is 0.920. The molecule has 3 rings (SSSR count). The summed E-state index contributed by atoms with van der Waals surface area (Å²) in [6.45, 7) is 3.53. The largest absolute Gasteiger partial charge is 0.375 e. The molecule has 1 aliphatic rings. The summed E-state index contributed by atoms with van der Waals surface area (Å²) in [5.74, 6) is 0.768. The van der Waals surface area contributed by atoms with E-state index < -0.39 is 0 Å². The van der Waals surface area contributed by atoms with Gasteiger partial charge >= 0.3 is 0 Å². The van der Waals surface area contributed by atoms with Crippen LogP contribution in [0.1, 0.15) is 12.8 Å². The van der Waals surface area contributed by atoms with E-state index in [1.54, 1.807) is 11.5 Å². The van der Waals surface area contributed by atoms with Crippen LogP contribution in [0.15, 0.2) is 24.3 Å². The Morgan fingerprint density at radius 1 is 1.44 bits per heavy atom. The summed E-state index contributed by atoms with van der Waals surface area (Å²) in [4.78, 5) is 2.43. The van der Waals surface area contributed by atoms with E-state index in [-0.39, 0.29) is 0 Å². The molecule has 1 unspecified atom stereocenters. The van der Waals surface area contributed by atoms with Crippen molar-refractivity contribution in [3.8, 4) is 0 Å². The van der Waals surface area contributed by atoms with Crippen molar-refractivity contribution in [2.75, 3.05) is 32.0 Å². The van der Waals surface area contributed by atoms with Gasteiger partial charge in [0.25, 0.3) is 0 Å². The SMILES string of the molecule is CN1CCCC(CNc2snc3ccccc23)C1. The van der Waals surface area contributed by atoms with Gasteiger partial charge in [-0.25, -0.2) is 0 Å². The van der Waals surface area contributed by atoms with E-state index in [1.165, 1.54) is 36.3 Å². The molecule has 1 N–H and O–H groups in total. The number of rotatable bonds is 3. The van der Waals surface area contributed by atoms with Gasteiger partial charge in [-0.1, -0.05) is 12.1 Å². The zero-order valence-electron chi connectivity index (χ0n) is 10.7. The number of piperidine rings is 1. The molecule has 0 aliphatic carbocycles. The third-order valence-corrected chi connectivity index (χ3v) is 4.49. The fourth-order valence-corrected chi connectivity index (χ4v) is 3.46. The van der Waals surface area contributed by atoms with Gasteiger partial charge in [-0.2, -0.15) is 4.37 Å². The number of likely N-dealkylation sites (tertiary alicyclic amines) is 1. The summed E-state index contributed by atoms with van der Waals surface area (Å²) in [5.41, 5.74) is 1.10. The van der Waals surface area contributed by atoms with E-state index in [0.29, 0.717) is 0 Å². The van der Waals surface area contributed by atoms with Crippen LogP contribution in [0, 0.1) is 5.92 Å². The Morgan fingerprint density at radius 3 is 3.22 bits per heavy atom. The van der Waals surface area contributed by atoms with E-state index in [9.17, 15) is 0 Å². The van der Waals surface area contributed by atoms with Crippen LogP contribution in [0.5, 0.6) is 0 Å². The van der Waals surface area contributed by atoms with E-state index in [4.69, 9.17) is 0 Å². The first-order valence-corrected chi connectivity index (χ1v) is 7.37. The Kier molecular flexibility index (Phi) is 3.48. The van der Waals surface area contributed by atoms with Gasteiger partial charge in [0.15, 0.2) is 0 Å². The molecule has 1 aliphatic heterocycles. The number of nitrogens with one attached hydrogen (secondary N) is 1. The van der Waals surface area contributed by atoms with Gasteiger partial charge in [0.1, 0.15) is 5.00 Å². The lowest BCUT2D eigenvalue weighted by Crippen LogP contribution is -2.35. The van der Waals surface area contributed by atoms with Gasteiger partial charge in [0.2, 0.25) is 0 Å². The van der Waals surface area contributed by atoms with Crippen molar-refractivity contribution in [1.29, 1.82) is 0 Å². The Morgan fingerprint density at radius 2 is 2.33 bits per heavy atom. The molecule has 0 amide bonds. The zero-order chi connectivity index (χ0) is 12.4. The van der Waals surface area contributed by atoms with Gasteiger partial charge < -0.3 is 10.2 Å². The predicted molar refractivity (Wildman–Crippen MR) is 78.3 cm³/mol. The topological polar surface area (TPSA) is 28.2 Å². The highest BCUT2D eigenvalue weighted by atomic mass is 32.1. The third kappa shape index (κ3) is 2.49. The van der Waals surface area contributed by atoms with Crippen molar-refractivity contribution in [2.24, 2.45) is 5.92 Å². The fraction of sp³-hybridized carbons (Fsp3) is 0.500. The third-order valence-electron chi connectivity index (χ3n) is 3.66. The standard InChI is InChI=1S/C14H19N3S/c1-17-8-4-5-11(10-17)9-15-14-12-6-2-3-7-13(12)16-18-14/h2-3,6-7,11,15H,4-5,8-10H2,1H3. The lowest BCUT2D eigenvalue weighted by molar-refractivity contribution is 0.217. The predicted octanol–water partition coefficient (Wildman–Crippen LogP) is 3.05. The monoisotopic (exact) mass is 261 g/mol. The summed E-state index contributed by atoms with van der Waals surface area (Å²) < 4.78 is 4.47. The van der Waals surface area contributed by atoms with Crippen LogP contribution in [0.4, 0.5) is 5.00 Å². The van der Waals surface area contributed by atoms with Crippen molar-refractivity contribution in [2.45, 2.75) is 12.8 Å². The minimum absolute atomic E-state index is 0.768. The van der Waals surface area contributed by atoms with Crippen LogP contribution in [-0.4, -0.2) is 36.0 Å². The molecule has 1 atom stereocenters. The summed E-state index contributed by atoms with van der Waals surface area (Å²) in [6.07, 6.45) is 2.67. The van der Waals surface area contributed by atoms with E-state index in [1.807, 2.05) is 6.07 Å². The van der Waals surface area contributed by atoms with Crippen LogP contribution in [0.3, 0.4) is 0 Å². The van der Waals surface area contributed by atoms with Crippen molar-refractivity contribution in [3.63, 3.8) is 0 Å². The smallest absolute Gasteiger partial charge is 0.117 e. The van der Waals surface area contributed by atoms with E-state index >= 15 is 0 Å². The van der Waals surface area contributed by atoms with Crippen molar-refractivity contribution in [3.05, 3.63) is 24.3 Å². The van der Waals surface area contributed by atoms with Gasteiger partial charge in [0, 0.05) is 18.5 Å². The molecule has 1 aromatic carbocycles. The first kappa shape index (κ1) is 11.9. The lowest BCUT2D eigenvalue weighted by Gasteiger charge is -2.29. The Balaban J connectivity index is 1.66. The minimum Gasteiger partial charge on any atom is -0.375 e. The Hall–Kier alpha value is -1.13. The maximum atomic E-state index is 4.47. The van der Waals surface area contributed by atoms with Gasteiger partial charge in [-0.05, 0) is 56.0 Å². The molecule has 1 saturated heterocycles. The summed E-state index contributed by atoms with van der Waals surface area (Å²) in [5, 5.41) is 6.06. The van der Waals surface area contributed by atoms with Crippen molar-refractivity contribution >= 4 is 27.4 Å². The number of anilines is 1. The summed E-state index contributed by atoms with van der Waals surface area (Å²) >= 11 is 1.58. The lowest BCUT2D eigenvalue weighted by atomic mass is 9.98. The second-order valence-corrected chi connectivity index (χ2v) is 5.95. The first-order chi connectivity index (χ1) is 8.83. The number of benzene rings is 1. The molecule has 0 radical (unpaired) electrons. The molecule has 4 heteroatoms. The van der Waals surface area contributed by atoms with Crippen LogP contribution >= 0.6 is 11.5 Å². The second kappa shape index (κ2) is 5.24. The van der Waals surface area contributed by atoms with Gasteiger partial charge in [0.05, 0.1) is 5.52 Å². The average molecular weight is 261 g/mol. The molecular weight excluding hydrogens is 242 g/mol. The number of aromatic nitrogens is 1. The molecule has 1 aromatic heterocycles. The fourth-order valence-electron chi connectivity index (χ4n) is 2.69. The van der Waals surface area contributed by atoms with E-state index in [2.05, 4.69) is 39.8 Å². The molecule has 2 aromatic rings. The highest BCUT2D eigenvalue weighted by Gasteiger charge is 2.17. The molecule has 0 saturated carbocycles. The number of hydrogen-bond donors (Lipinski definition) is 1. The molecule has 96 valence electrons. The molecule has 0 bridgehead atoms. The zero-order valence-corrected chi connectivity index (χ0v) is 11.5. The average Bonchev–Trinajstić information content (AvgIpc) is 2.80. The van der Waals surface area contributed by atoms with Crippen LogP contribution in [0.25, 0.3) is 10.9 Å². The molecule has 18 heavy (non-hydrogen) atoms.